The third kappa shape index (κ3) is 6.02. The standard InChI is InChI=1S/C8H10Cl2O6P2.Mg/c9-6-2-1-5(3-7(6)10)4-8(17(11,12)13)18(14,15)16;/h1-3,8H,4H2,(H2,11,12,13)(H2,14,15,16);/q;+2. The molecule has 0 saturated heterocycles. The molecule has 1 rings (SSSR count). The van der Waals surface area contributed by atoms with Gasteiger partial charge in [-0.15, -0.1) is 0 Å². The van der Waals surface area contributed by atoms with Crippen LogP contribution < -0.4 is 0 Å². The van der Waals surface area contributed by atoms with Crippen molar-refractivity contribution in [2.75, 3.05) is 0 Å². The number of benzene rings is 1. The smallest absolute Gasteiger partial charge is 0.324 e. The van der Waals surface area contributed by atoms with Crippen LogP contribution >= 0.6 is 38.4 Å². The molecule has 0 unspecified atom stereocenters. The van der Waals surface area contributed by atoms with Crippen LogP contribution in [0.3, 0.4) is 0 Å². The Morgan fingerprint density at radius 1 is 1.00 bits per heavy atom. The Hall–Kier alpha value is 0.866. The van der Waals surface area contributed by atoms with Gasteiger partial charge in [-0.05, 0) is 24.1 Å². The van der Waals surface area contributed by atoms with Crippen molar-refractivity contribution < 1.29 is 28.7 Å². The summed E-state index contributed by atoms with van der Waals surface area (Å²) in [6.07, 6.45) is -0.495. The van der Waals surface area contributed by atoms with Crippen molar-refractivity contribution in [3.05, 3.63) is 33.8 Å². The fraction of sp³-hybridized carbons (Fsp3) is 0.250. The molecule has 19 heavy (non-hydrogen) atoms. The number of halogens is 2. The molecule has 0 aliphatic rings. The molecule has 0 amide bonds. The maximum atomic E-state index is 11.1. The van der Waals surface area contributed by atoms with Crippen molar-refractivity contribution in [2.24, 2.45) is 0 Å². The molecular weight excluding hydrogens is 349 g/mol. The molecule has 0 aliphatic carbocycles. The van der Waals surface area contributed by atoms with Crippen LogP contribution in [-0.2, 0) is 15.6 Å². The molecule has 6 nitrogen and oxygen atoms in total. The first-order chi connectivity index (χ1) is 8.01. The van der Waals surface area contributed by atoms with Crippen LogP contribution in [0.4, 0.5) is 0 Å². The maximum Gasteiger partial charge on any atom is 2.00 e. The molecule has 0 aromatic heterocycles. The SMILES string of the molecule is O=P(O)(O)C(Cc1ccc(Cl)c(Cl)c1)P(=O)(O)O.[Mg+2]. The topological polar surface area (TPSA) is 115 Å². The minimum Gasteiger partial charge on any atom is -0.324 e. The molecule has 1 aromatic rings. The molecule has 0 heterocycles. The van der Waals surface area contributed by atoms with Crippen LogP contribution in [0.1, 0.15) is 5.56 Å². The summed E-state index contributed by atoms with van der Waals surface area (Å²) in [4.78, 5) is 35.8. The summed E-state index contributed by atoms with van der Waals surface area (Å²) in [6, 6.07) is 4.09. The second-order valence-electron chi connectivity index (χ2n) is 3.61. The number of rotatable bonds is 4. The fourth-order valence-electron chi connectivity index (χ4n) is 1.31. The zero-order chi connectivity index (χ0) is 14.1. The fourth-order valence-corrected chi connectivity index (χ4v) is 4.10. The van der Waals surface area contributed by atoms with Crippen LogP contribution in [0.5, 0.6) is 0 Å². The predicted octanol–water partition coefficient (Wildman–Crippen LogP) is 1.84. The quantitative estimate of drug-likeness (QED) is 0.482. The largest absolute Gasteiger partial charge is 2.00 e. The summed E-state index contributed by atoms with van der Waals surface area (Å²) in [5.41, 5.74) is 0.279. The van der Waals surface area contributed by atoms with Gasteiger partial charge in [0.25, 0.3) is 0 Å². The summed E-state index contributed by atoms with van der Waals surface area (Å²) < 4.78 is 22.2. The molecule has 1 aromatic carbocycles. The van der Waals surface area contributed by atoms with E-state index in [-0.39, 0.29) is 38.7 Å². The van der Waals surface area contributed by atoms with E-state index < -0.39 is 27.0 Å². The first kappa shape index (κ1) is 19.9. The van der Waals surface area contributed by atoms with E-state index in [2.05, 4.69) is 0 Å². The Balaban J connectivity index is 0.00000324. The maximum absolute atomic E-state index is 11.1. The third-order valence-electron chi connectivity index (χ3n) is 2.18. The van der Waals surface area contributed by atoms with E-state index >= 15 is 0 Å². The summed E-state index contributed by atoms with van der Waals surface area (Å²) in [6.45, 7) is 0. The van der Waals surface area contributed by atoms with Gasteiger partial charge in [-0.2, -0.15) is 0 Å². The Morgan fingerprint density at radius 3 is 1.84 bits per heavy atom. The van der Waals surface area contributed by atoms with E-state index in [1.807, 2.05) is 0 Å². The van der Waals surface area contributed by atoms with Gasteiger partial charge in [-0.25, -0.2) is 0 Å². The Bertz CT molecular complexity index is 520. The van der Waals surface area contributed by atoms with Crippen molar-refractivity contribution in [3.63, 3.8) is 0 Å². The normalized spacial score (nSPS) is 12.4. The molecular formula is C8H10Cl2MgO6P2+2. The molecule has 0 atom stereocenters. The van der Waals surface area contributed by atoms with Gasteiger partial charge in [0.1, 0.15) is 0 Å². The van der Waals surface area contributed by atoms with Gasteiger partial charge in [-0.1, -0.05) is 29.3 Å². The molecule has 0 spiro atoms. The third-order valence-corrected chi connectivity index (χ3v) is 6.64. The van der Waals surface area contributed by atoms with Gasteiger partial charge in [-0.3, -0.25) is 9.13 Å². The number of hydrogen-bond acceptors (Lipinski definition) is 2. The Labute approximate surface area is 135 Å². The summed E-state index contributed by atoms with van der Waals surface area (Å²) in [7, 11) is -9.86. The van der Waals surface area contributed by atoms with Gasteiger partial charge in [0.2, 0.25) is 0 Å². The van der Waals surface area contributed by atoms with E-state index in [4.69, 9.17) is 42.8 Å². The van der Waals surface area contributed by atoms with Gasteiger partial charge < -0.3 is 19.6 Å². The van der Waals surface area contributed by atoms with E-state index in [0.717, 1.165) is 0 Å². The Kier molecular flexibility index (Phi) is 7.56. The van der Waals surface area contributed by atoms with Crippen molar-refractivity contribution >= 4 is 61.4 Å². The monoisotopic (exact) mass is 358 g/mol. The molecule has 0 aliphatic heterocycles. The van der Waals surface area contributed by atoms with E-state index in [1.165, 1.54) is 18.2 Å². The van der Waals surface area contributed by atoms with Gasteiger partial charge in [0.05, 0.1) is 10.0 Å². The first-order valence-corrected chi connectivity index (χ1v) is 8.68. The molecule has 4 N–H and O–H groups in total. The average molecular weight is 359 g/mol. The molecule has 0 bridgehead atoms. The van der Waals surface area contributed by atoms with Crippen LogP contribution in [-0.4, -0.2) is 48.0 Å². The predicted molar refractivity (Wildman–Crippen MR) is 73.8 cm³/mol. The average Bonchev–Trinajstić information content (AvgIpc) is 2.16. The minimum absolute atomic E-state index is 0. The summed E-state index contributed by atoms with van der Waals surface area (Å²) in [5.74, 6) is 0. The minimum atomic E-state index is -4.93. The second-order valence-corrected chi connectivity index (χ2v) is 8.44. The van der Waals surface area contributed by atoms with E-state index in [0.29, 0.717) is 0 Å². The van der Waals surface area contributed by atoms with Gasteiger partial charge in [0.15, 0.2) is 5.40 Å². The molecule has 11 heteroatoms. The molecule has 102 valence electrons. The molecule has 0 fully saturated rings. The van der Waals surface area contributed by atoms with Crippen LogP contribution in [0.15, 0.2) is 18.2 Å². The zero-order valence-corrected chi connectivity index (χ0v) is 14.2. The Morgan fingerprint density at radius 2 is 1.47 bits per heavy atom. The molecule has 0 radical (unpaired) electrons. The number of hydrogen-bond donors (Lipinski definition) is 4. The zero-order valence-electron chi connectivity index (χ0n) is 9.48. The van der Waals surface area contributed by atoms with Gasteiger partial charge in [0, 0.05) is 0 Å². The summed E-state index contributed by atoms with van der Waals surface area (Å²) >= 11 is 11.4. The second kappa shape index (κ2) is 7.23. The van der Waals surface area contributed by atoms with Crippen molar-refractivity contribution in [1.29, 1.82) is 0 Å². The van der Waals surface area contributed by atoms with Gasteiger partial charge >= 0.3 is 38.2 Å². The van der Waals surface area contributed by atoms with E-state index in [1.54, 1.807) is 0 Å². The van der Waals surface area contributed by atoms with Crippen LogP contribution in [0.2, 0.25) is 10.0 Å². The van der Waals surface area contributed by atoms with Crippen molar-refractivity contribution in [2.45, 2.75) is 11.8 Å². The first-order valence-electron chi connectivity index (χ1n) is 4.56. The van der Waals surface area contributed by atoms with E-state index in [9.17, 15) is 9.13 Å². The molecule has 0 saturated carbocycles. The van der Waals surface area contributed by atoms with Crippen LogP contribution in [0, 0.1) is 0 Å². The van der Waals surface area contributed by atoms with Crippen LogP contribution in [0.25, 0.3) is 0 Å². The summed E-state index contributed by atoms with van der Waals surface area (Å²) in [5, 5.41) is -1.70. The van der Waals surface area contributed by atoms with Crippen molar-refractivity contribution in [1.82, 2.24) is 0 Å². The van der Waals surface area contributed by atoms with Crippen molar-refractivity contribution in [3.8, 4) is 0 Å².